The first-order valence-corrected chi connectivity index (χ1v) is 21.6. The summed E-state index contributed by atoms with van der Waals surface area (Å²) in [5.41, 5.74) is 11.1. The van der Waals surface area contributed by atoms with Gasteiger partial charge in [0.05, 0.1) is 16.3 Å². The number of hydrogen-bond acceptors (Lipinski definition) is 4. The minimum atomic E-state index is -0.702. The zero-order chi connectivity index (χ0) is 33.7. The van der Waals surface area contributed by atoms with Crippen LogP contribution in [0.3, 0.4) is 0 Å². The third kappa shape index (κ3) is 8.73. The second-order valence-corrected chi connectivity index (χ2v) is 20.8. The quantitative estimate of drug-likeness (QED) is 0.103. The Morgan fingerprint density at radius 2 is 0.761 bits per heavy atom. The molecule has 0 unspecified atom stereocenters. The molecule has 46 heavy (non-hydrogen) atoms. The Morgan fingerprint density at radius 1 is 0.457 bits per heavy atom. The summed E-state index contributed by atoms with van der Waals surface area (Å²) in [5, 5.41) is 0. The second-order valence-electron chi connectivity index (χ2n) is 13.1. The van der Waals surface area contributed by atoms with Crippen molar-refractivity contribution in [2.45, 2.75) is 102 Å². The summed E-state index contributed by atoms with van der Waals surface area (Å²) in [4.78, 5) is 2.53. The molecule has 0 radical (unpaired) electrons. The summed E-state index contributed by atoms with van der Waals surface area (Å²) in [7, 11) is -1.40. The molecule has 0 saturated heterocycles. The predicted molar refractivity (Wildman–Crippen MR) is 211 cm³/mol. The van der Waals surface area contributed by atoms with E-state index in [0.717, 1.165) is 33.8 Å². The molecular weight excluding hydrogens is 639 g/mol. The molecule has 246 valence electrons. The van der Waals surface area contributed by atoms with Crippen LogP contribution < -0.4 is 9.05 Å². The van der Waals surface area contributed by atoms with Gasteiger partial charge >= 0.3 is 0 Å². The average molecular weight is 691 g/mol. The summed E-state index contributed by atoms with van der Waals surface area (Å²) in [6, 6.07) is 27.1. The van der Waals surface area contributed by atoms with E-state index in [0.29, 0.717) is 22.6 Å². The number of benzene rings is 4. The molecule has 0 bridgehead atoms. The van der Waals surface area contributed by atoms with Crippen molar-refractivity contribution in [3.05, 3.63) is 83.9 Å². The first-order chi connectivity index (χ1) is 21.8. The topological polar surface area (TPSA) is 18.5 Å². The fraction of sp³-hybridized carbons (Fsp3) is 0.400. The van der Waals surface area contributed by atoms with Crippen LogP contribution in [0.25, 0.3) is 33.4 Å². The van der Waals surface area contributed by atoms with Crippen molar-refractivity contribution in [3.63, 3.8) is 0 Å². The van der Waals surface area contributed by atoms with E-state index in [2.05, 4.69) is 155 Å². The van der Waals surface area contributed by atoms with Crippen molar-refractivity contribution in [1.82, 2.24) is 0 Å². The molecule has 0 saturated carbocycles. The van der Waals surface area contributed by atoms with Crippen molar-refractivity contribution >= 4 is 39.8 Å². The van der Waals surface area contributed by atoms with Gasteiger partial charge in [0, 0.05) is 43.6 Å². The van der Waals surface area contributed by atoms with Crippen LogP contribution in [0.2, 0.25) is 0 Å². The maximum absolute atomic E-state index is 7.16. The van der Waals surface area contributed by atoms with E-state index < -0.39 is 16.3 Å². The van der Waals surface area contributed by atoms with Gasteiger partial charge in [-0.1, -0.05) is 79.7 Å². The van der Waals surface area contributed by atoms with E-state index in [-0.39, 0.29) is 0 Å². The van der Waals surface area contributed by atoms with E-state index in [1.54, 1.807) is 23.5 Å². The zero-order valence-corrected chi connectivity index (χ0v) is 33.2. The molecular formula is C40H52O2P2S2. The van der Waals surface area contributed by atoms with Crippen LogP contribution in [0.1, 0.15) is 66.5 Å². The molecule has 4 rings (SSSR count). The van der Waals surface area contributed by atoms with Gasteiger partial charge in [-0.3, -0.25) is 0 Å². The van der Waals surface area contributed by atoms with Crippen molar-refractivity contribution in [3.8, 4) is 44.9 Å². The SMILES string of the molecule is CSc1ccc(-c2cc(C)c(OP(C(C)C)C(C)C)c(-c3cc(-c4ccc(SC)cc4)cc(C)c3OP(C(C)C)C(C)C)c2)cc1. The van der Waals surface area contributed by atoms with E-state index >= 15 is 0 Å². The average Bonchev–Trinajstić information content (AvgIpc) is 3.02. The fourth-order valence-corrected chi connectivity index (χ4v) is 10.9. The number of aryl methyl sites for hydroxylation is 2. The van der Waals surface area contributed by atoms with Crippen molar-refractivity contribution in [2.24, 2.45) is 0 Å². The maximum atomic E-state index is 7.16. The van der Waals surface area contributed by atoms with Crippen LogP contribution in [0, 0.1) is 13.8 Å². The molecule has 4 aromatic carbocycles. The Kier molecular flexibility index (Phi) is 13.2. The van der Waals surface area contributed by atoms with Gasteiger partial charge in [-0.05, 0) is 108 Å². The minimum absolute atomic E-state index is 0.439. The Bertz CT molecular complexity index is 1460. The van der Waals surface area contributed by atoms with Crippen LogP contribution in [-0.2, 0) is 0 Å². The van der Waals surface area contributed by atoms with Crippen LogP contribution in [-0.4, -0.2) is 35.1 Å². The minimum Gasteiger partial charge on any atom is -0.473 e. The van der Waals surface area contributed by atoms with Crippen LogP contribution in [0.5, 0.6) is 11.5 Å². The van der Waals surface area contributed by atoms with Crippen molar-refractivity contribution < 1.29 is 9.05 Å². The molecule has 0 amide bonds. The van der Waals surface area contributed by atoms with E-state index in [1.165, 1.54) is 32.0 Å². The largest absolute Gasteiger partial charge is 0.473 e. The fourth-order valence-electron chi connectivity index (χ4n) is 5.92. The summed E-state index contributed by atoms with van der Waals surface area (Å²) in [6.07, 6.45) is 4.25. The summed E-state index contributed by atoms with van der Waals surface area (Å²) in [6.45, 7) is 22.7. The number of rotatable bonds is 13. The molecule has 0 aliphatic carbocycles. The van der Waals surface area contributed by atoms with Gasteiger partial charge in [0.1, 0.15) is 11.5 Å². The standard InChI is InChI=1S/C40H52O2P2S2/c1-25(2)43(26(3)4)41-39-29(9)21-33(31-13-17-35(45-11)18-14-31)23-37(39)38-24-34(32-15-19-36(46-12)20-16-32)22-30(10)40(38)42-44(27(5)6)28(7)8/h13-28H,1-12H3. The van der Waals surface area contributed by atoms with Crippen molar-refractivity contribution in [2.75, 3.05) is 12.5 Å². The Labute approximate surface area is 290 Å². The molecule has 6 heteroatoms. The maximum Gasteiger partial charge on any atom is 0.134 e. The third-order valence-electron chi connectivity index (χ3n) is 8.12. The van der Waals surface area contributed by atoms with Crippen LogP contribution in [0.15, 0.2) is 82.6 Å². The predicted octanol–water partition coefficient (Wildman–Crippen LogP) is 13.9. The lowest BCUT2D eigenvalue weighted by atomic mass is 9.91. The van der Waals surface area contributed by atoms with E-state index in [4.69, 9.17) is 9.05 Å². The highest BCUT2D eigenvalue weighted by Gasteiger charge is 2.28. The highest BCUT2D eigenvalue weighted by Crippen LogP contribution is 2.55. The Morgan fingerprint density at radius 3 is 1.02 bits per heavy atom. The molecule has 0 heterocycles. The van der Waals surface area contributed by atoms with Gasteiger partial charge in [0.15, 0.2) is 0 Å². The lowest BCUT2D eigenvalue weighted by molar-refractivity contribution is 0.581. The van der Waals surface area contributed by atoms with Gasteiger partial charge in [0.2, 0.25) is 0 Å². The van der Waals surface area contributed by atoms with Crippen LogP contribution >= 0.6 is 39.8 Å². The molecule has 0 aromatic heterocycles. The molecule has 0 aliphatic rings. The number of hydrogen-bond donors (Lipinski definition) is 0. The third-order valence-corrected chi connectivity index (χ3v) is 14.5. The first kappa shape index (κ1) is 36.9. The summed E-state index contributed by atoms with van der Waals surface area (Å²) >= 11 is 3.54. The first-order valence-electron chi connectivity index (χ1n) is 16.4. The highest BCUT2D eigenvalue weighted by atomic mass is 32.2. The molecule has 0 aliphatic heterocycles. The molecule has 2 nitrogen and oxygen atoms in total. The van der Waals surface area contributed by atoms with Gasteiger partial charge in [-0.25, -0.2) is 0 Å². The smallest absolute Gasteiger partial charge is 0.134 e. The molecule has 0 N–H and O–H groups in total. The summed E-state index contributed by atoms with van der Waals surface area (Å²) in [5.74, 6) is 1.96. The normalized spacial score (nSPS) is 12.0. The van der Waals surface area contributed by atoms with Gasteiger partial charge < -0.3 is 9.05 Å². The van der Waals surface area contributed by atoms with Crippen LogP contribution in [0.4, 0.5) is 0 Å². The van der Waals surface area contributed by atoms with Gasteiger partial charge in [0.25, 0.3) is 0 Å². The number of thioether (sulfide) groups is 2. The summed E-state index contributed by atoms with van der Waals surface area (Å²) < 4.78 is 14.3. The lowest BCUT2D eigenvalue weighted by Crippen LogP contribution is -2.11. The van der Waals surface area contributed by atoms with E-state index in [9.17, 15) is 0 Å². The monoisotopic (exact) mass is 690 g/mol. The van der Waals surface area contributed by atoms with Gasteiger partial charge in [-0.15, -0.1) is 23.5 Å². The van der Waals surface area contributed by atoms with Gasteiger partial charge in [-0.2, -0.15) is 0 Å². The van der Waals surface area contributed by atoms with E-state index in [1.807, 2.05) is 0 Å². The molecule has 4 aromatic rings. The molecule has 0 fully saturated rings. The zero-order valence-electron chi connectivity index (χ0n) is 29.8. The van der Waals surface area contributed by atoms with Crippen molar-refractivity contribution in [1.29, 1.82) is 0 Å². The molecule has 0 spiro atoms. The Balaban J connectivity index is 2.05. The lowest BCUT2D eigenvalue weighted by Gasteiger charge is -2.30. The second kappa shape index (κ2) is 16.4. The molecule has 0 atom stereocenters. The highest BCUT2D eigenvalue weighted by molar-refractivity contribution is 7.98. The Hall–Kier alpha value is -1.96.